The molecule has 1 aliphatic heterocycles. The highest BCUT2D eigenvalue weighted by molar-refractivity contribution is 6.42. The van der Waals surface area contributed by atoms with Crippen molar-refractivity contribution in [1.82, 2.24) is 0 Å². The SMILES string of the molecule is CCOc1ccc([C@@H]2CC(=O)C3=C(C2)Nc2ccccc2N[C@H]3c2ccc(Cl)c(Cl)c2)cc1OC. The van der Waals surface area contributed by atoms with Gasteiger partial charge in [0.2, 0.25) is 0 Å². The number of ketones is 1. The topological polar surface area (TPSA) is 59.6 Å². The lowest BCUT2D eigenvalue weighted by molar-refractivity contribution is -0.116. The van der Waals surface area contributed by atoms with E-state index in [1.807, 2.05) is 61.5 Å². The van der Waals surface area contributed by atoms with E-state index in [-0.39, 0.29) is 17.7 Å². The van der Waals surface area contributed by atoms with Gasteiger partial charge >= 0.3 is 0 Å². The van der Waals surface area contributed by atoms with Crippen molar-refractivity contribution < 1.29 is 14.3 Å². The van der Waals surface area contributed by atoms with E-state index in [9.17, 15) is 4.79 Å². The standard InChI is InChI=1S/C28H26Cl2N2O3/c1-3-35-25-11-9-16(15-26(25)34-2)18-13-23-27(24(33)14-18)28(17-8-10-19(29)20(30)12-17)32-22-7-5-4-6-21(22)31-23/h4-12,15,18,28,31-32H,3,13-14H2,1-2H3/t18-,28-/m0/s1. The van der Waals surface area contributed by atoms with Crippen LogP contribution in [0.4, 0.5) is 11.4 Å². The first kappa shape index (κ1) is 23.6. The van der Waals surface area contributed by atoms with E-state index < -0.39 is 0 Å². The summed E-state index contributed by atoms with van der Waals surface area (Å²) in [7, 11) is 1.63. The number of benzene rings is 3. The fourth-order valence-electron chi connectivity index (χ4n) is 4.88. The number of fused-ring (bicyclic) bond motifs is 1. The molecule has 1 heterocycles. The highest BCUT2D eigenvalue weighted by Crippen LogP contribution is 2.45. The van der Waals surface area contributed by atoms with Gasteiger partial charge < -0.3 is 20.1 Å². The van der Waals surface area contributed by atoms with Crippen LogP contribution in [0.25, 0.3) is 0 Å². The Morgan fingerprint density at radius 3 is 2.43 bits per heavy atom. The Bertz CT molecular complexity index is 1320. The minimum absolute atomic E-state index is 0.0121. The molecule has 0 radical (unpaired) electrons. The number of hydrogen-bond donors (Lipinski definition) is 2. The normalized spacial score (nSPS) is 19.1. The summed E-state index contributed by atoms with van der Waals surface area (Å²) < 4.78 is 11.2. The number of methoxy groups -OCH3 is 1. The summed E-state index contributed by atoms with van der Waals surface area (Å²) in [6, 6.07) is 19.1. The van der Waals surface area contributed by atoms with Crippen LogP contribution < -0.4 is 20.1 Å². The Morgan fingerprint density at radius 1 is 0.914 bits per heavy atom. The Labute approximate surface area is 215 Å². The smallest absolute Gasteiger partial charge is 0.163 e. The van der Waals surface area contributed by atoms with Crippen molar-refractivity contribution in [3.05, 3.63) is 93.1 Å². The van der Waals surface area contributed by atoms with Crippen molar-refractivity contribution in [2.45, 2.75) is 31.7 Å². The lowest BCUT2D eigenvalue weighted by Gasteiger charge is -2.30. The Hall–Kier alpha value is -3.15. The van der Waals surface area contributed by atoms with Crippen LogP contribution in [-0.4, -0.2) is 19.5 Å². The predicted octanol–water partition coefficient (Wildman–Crippen LogP) is 7.38. The first-order chi connectivity index (χ1) is 17.0. The van der Waals surface area contributed by atoms with Crippen LogP contribution in [0, 0.1) is 0 Å². The molecule has 5 rings (SSSR count). The second-order valence-electron chi connectivity index (χ2n) is 8.69. The second kappa shape index (κ2) is 9.84. The molecule has 0 amide bonds. The number of Topliss-reactive ketones (excluding diaryl/α,β-unsaturated/α-hetero) is 1. The Kier molecular flexibility index (Phi) is 6.63. The van der Waals surface area contributed by atoms with E-state index in [4.69, 9.17) is 32.7 Å². The molecule has 35 heavy (non-hydrogen) atoms. The van der Waals surface area contributed by atoms with Gasteiger partial charge in [-0.15, -0.1) is 0 Å². The molecule has 0 saturated heterocycles. The van der Waals surface area contributed by atoms with Crippen LogP contribution in [0.2, 0.25) is 10.0 Å². The zero-order valence-corrected chi connectivity index (χ0v) is 21.0. The van der Waals surface area contributed by atoms with Gasteiger partial charge in [-0.05, 0) is 66.8 Å². The number of carbonyl (C=O) groups excluding carboxylic acids is 1. The van der Waals surface area contributed by atoms with Crippen molar-refractivity contribution in [2.75, 3.05) is 24.4 Å². The average molecular weight is 509 g/mol. The fraction of sp³-hybridized carbons (Fsp3) is 0.250. The zero-order chi connectivity index (χ0) is 24.5. The van der Waals surface area contributed by atoms with Gasteiger partial charge in [-0.25, -0.2) is 0 Å². The lowest BCUT2D eigenvalue weighted by Crippen LogP contribution is -2.26. The molecule has 0 fully saturated rings. The molecule has 180 valence electrons. The molecule has 5 nitrogen and oxygen atoms in total. The molecule has 0 saturated carbocycles. The molecule has 3 aromatic carbocycles. The van der Waals surface area contributed by atoms with Crippen molar-refractivity contribution in [2.24, 2.45) is 0 Å². The van der Waals surface area contributed by atoms with Gasteiger partial charge in [-0.2, -0.15) is 0 Å². The van der Waals surface area contributed by atoms with Crippen LogP contribution in [0.1, 0.15) is 42.9 Å². The van der Waals surface area contributed by atoms with Gasteiger partial charge in [0.25, 0.3) is 0 Å². The number of carbonyl (C=O) groups is 1. The molecule has 2 aliphatic rings. The van der Waals surface area contributed by atoms with E-state index in [0.717, 1.165) is 33.8 Å². The van der Waals surface area contributed by atoms with Gasteiger partial charge in [0.1, 0.15) is 0 Å². The molecule has 2 N–H and O–H groups in total. The molecule has 0 spiro atoms. The quantitative estimate of drug-likeness (QED) is 0.376. The third-order valence-electron chi connectivity index (χ3n) is 6.54. The monoisotopic (exact) mass is 508 g/mol. The van der Waals surface area contributed by atoms with Gasteiger partial charge in [0.15, 0.2) is 17.3 Å². The van der Waals surface area contributed by atoms with Crippen LogP contribution in [0.3, 0.4) is 0 Å². The number of halogens is 2. The zero-order valence-electron chi connectivity index (χ0n) is 19.5. The summed E-state index contributed by atoms with van der Waals surface area (Å²) in [5, 5.41) is 8.07. The maximum absolute atomic E-state index is 13.7. The molecule has 0 unspecified atom stereocenters. The summed E-state index contributed by atoms with van der Waals surface area (Å²) in [4.78, 5) is 13.7. The first-order valence-electron chi connectivity index (χ1n) is 11.6. The summed E-state index contributed by atoms with van der Waals surface area (Å²) in [5.74, 6) is 1.48. The van der Waals surface area contributed by atoms with Gasteiger partial charge in [0, 0.05) is 17.7 Å². The van der Waals surface area contributed by atoms with E-state index in [2.05, 4.69) is 10.6 Å². The highest BCUT2D eigenvalue weighted by Gasteiger charge is 2.36. The Balaban J connectivity index is 1.57. The van der Waals surface area contributed by atoms with Gasteiger partial charge in [-0.3, -0.25) is 4.79 Å². The largest absolute Gasteiger partial charge is 0.493 e. The third kappa shape index (κ3) is 4.58. The predicted molar refractivity (Wildman–Crippen MR) is 141 cm³/mol. The van der Waals surface area contributed by atoms with Gasteiger partial charge in [-0.1, -0.05) is 47.5 Å². The van der Waals surface area contributed by atoms with Crippen molar-refractivity contribution >= 4 is 40.4 Å². The molecular formula is C28H26Cl2N2O3. The van der Waals surface area contributed by atoms with Crippen LogP contribution in [-0.2, 0) is 4.79 Å². The molecule has 1 aliphatic carbocycles. The summed E-state index contributed by atoms with van der Waals surface area (Å²) in [6.07, 6.45) is 1.08. The Morgan fingerprint density at radius 2 is 1.69 bits per heavy atom. The maximum Gasteiger partial charge on any atom is 0.163 e. The minimum atomic E-state index is -0.348. The number of allylic oxidation sites excluding steroid dienone is 1. The number of para-hydroxylation sites is 2. The number of nitrogens with one attached hydrogen (secondary N) is 2. The first-order valence-corrected chi connectivity index (χ1v) is 12.4. The number of hydrogen-bond acceptors (Lipinski definition) is 5. The maximum atomic E-state index is 13.7. The summed E-state index contributed by atoms with van der Waals surface area (Å²) >= 11 is 12.5. The van der Waals surface area contributed by atoms with Crippen LogP contribution in [0.5, 0.6) is 11.5 Å². The molecule has 2 atom stereocenters. The van der Waals surface area contributed by atoms with Crippen molar-refractivity contribution in [3.63, 3.8) is 0 Å². The second-order valence-corrected chi connectivity index (χ2v) is 9.50. The van der Waals surface area contributed by atoms with E-state index in [0.29, 0.717) is 41.0 Å². The van der Waals surface area contributed by atoms with Crippen LogP contribution in [0.15, 0.2) is 71.9 Å². The lowest BCUT2D eigenvalue weighted by atomic mass is 9.78. The highest BCUT2D eigenvalue weighted by atomic mass is 35.5. The minimum Gasteiger partial charge on any atom is -0.493 e. The number of ether oxygens (including phenoxy) is 2. The molecule has 0 aromatic heterocycles. The number of anilines is 2. The molecule has 0 bridgehead atoms. The summed E-state index contributed by atoms with van der Waals surface area (Å²) in [5.41, 5.74) is 5.43. The van der Waals surface area contributed by atoms with Gasteiger partial charge in [0.05, 0.1) is 41.2 Å². The number of rotatable bonds is 5. The molecular weight excluding hydrogens is 483 g/mol. The fourth-order valence-corrected chi connectivity index (χ4v) is 5.19. The van der Waals surface area contributed by atoms with Crippen molar-refractivity contribution in [3.8, 4) is 11.5 Å². The van der Waals surface area contributed by atoms with E-state index in [1.165, 1.54) is 0 Å². The third-order valence-corrected chi connectivity index (χ3v) is 7.28. The van der Waals surface area contributed by atoms with Crippen LogP contribution >= 0.6 is 23.2 Å². The van der Waals surface area contributed by atoms with E-state index >= 15 is 0 Å². The molecule has 7 heteroatoms. The summed E-state index contributed by atoms with van der Waals surface area (Å²) in [6.45, 7) is 2.50. The van der Waals surface area contributed by atoms with E-state index in [1.54, 1.807) is 13.2 Å². The van der Waals surface area contributed by atoms with Crippen molar-refractivity contribution in [1.29, 1.82) is 0 Å². The average Bonchev–Trinajstić information content (AvgIpc) is 3.03. The molecule has 3 aromatic rings.